The van der Waals surface area contributed by atoms with Crippen molar-refractivity contribution >= 4 is 27.7 Å². The van der Waals surface area contributed by atoms with E-state index in [1.807, 2.05) is 67.6 Å². The van der Waals surface area contributed by atoms with Gasteiger partial charge in [0.05, 0.1) is 0 Å². The van der Waals surface area contributed by atoms with E-state index in [1.165, 1.54) is 0 Å². The molecule has 0 heterocycles. The van der Waals surface area contributed by atoms with Crippen molar-refractivity contribution < 1.29 is 9.59 Å². The molecule has 0 spiro atoms. The summed E-state index contributed by atoms with van der Waals surface area (Å²) in [5.74, 6) is -0.244. The summed E-state index contributed by atoms with van der Waals surface area (Å²) in [7, 11) is 0. The minimum Gasteiger partial charge on any atom is -0.354 e. The fraction of sp³-hybridized carbons (Fsp3) is 0.310. The van der Waals surface area contributed by atoms with Crippen LogP contribution in [0.3, 0.4) is 0 Å². The topological polar surface area (TPSA) is 49.4 Å². The van der Waals surface area contributed by atoms with Crippen LogP contribution in [0, 0.1) is 0 Å². The van der Waals surface area contributed by atoms with Crippen LogP contribution in [0.5, 0.6) is 0 Å². The van der Waals surface area contributed by atoms with Crippen molar-refractivity contribution in [3.8, 4) is 0 Å². The number of carbonyl (C=O) groups excluding carboxylic acids is 2. The predicted octanol–water partition coefficient (Wildman–Crippen LogP) is 6.30. The van der Waals surface area contributed by atoms with E-state index in [0.717, 1.165) is 34.0 Å². The van der Waals surface area contributed by atoms with Crippen LogP contribution in [0.15, 0.2) is 89.4 Å². The van der Waals surface area contributed by atoms with Gasteiger partial charge in [0.25, 0.3) is 0 Å². The van der Waals surface area contributed by atoms with E-state index in [9.17, 15) is 9.59 Å². The number of unbranched alkanes of at least 4 members (excludes halogenated alkanes) is 1. The van der Waals surface area contributed by atoms with Gasteiger partial charge in [-0.25, -0.2) is 0 Å². The van der Waals surface area contributed by atoms with Gasteiger partial charge in [-0.1, -0.05) is 102 Å². The Morgan fingerprint density at radius 1 is 0.882 bits per heavy atom. The van der Waals surface area contributed by atoms with Crippen molar-refractivity contribution in [2.45, 2.75) is 51.6 Å². The first kappa shape index (κ1) is 25.7. The fourth-order valence-electron chi connectivity index (χ4n) is 4.00. The van der Waals surface area contributed by atoms with Crippen LogP contribution in [0.4, 0.5) is 0 Å². The number of halogens is 1. The summed E-state index contributed by atoms with van der Waals surface area (Å²) in [4.78, 5) is 28.4. The second-order valence-corrected chi connectivity index (χ2v) is 9.46. The van der Waals surface area contributed by atoms with E-state index in [4.69, 9.17) is 0 Å². The SMILES string of the molecule is CCCCNC(=O)[C@H](C)N(Cc1ccc(Br)cc1)C(=O)CC(c1ccccc1)c1ccccc1. The Labute approximate surface area is 211 Å². The lowest BCUT2D eigenvalue weighted by Gasteiger charge is -2.30. The average molecular weight is 521 g/mol. The molecule has 3 rings (SSSR count). The molecule has 0 aliphatic carbocycles. The molecule has 3 aromatic carbocycles. The van der Waals surface area contributed by atoms with Crippen molar-refractivity contribution in [1.29, 1.82) is 0 Å². The van der Waals surface area contributed by atoms with Crippen LogP contribution in [0.2, 0.25) is 0 Å². The fourth-order valence-corrected chi connectivity index (χ4v) is 4.26. The molecular weight excluding hydrogens is 488 g/mol. The summed E-state index contributed by atoms with van der Waals surface area (Å²) in [6.45, 7) is 4.91. The normalized spacial score (nSPS) is 11.8. The second kappa shape index (κ2) is 13.1. The molecule has 34 heavy (non-hydrogen) atoms. The first-order chi connectivity index (χ1) is 16.5. The number of amides is 2. The Balaban J connectivity index is 1.87. The third-order valence-electron chi connectivity index (χ3n) is 6.05. The van der Waals surface area contributed by atoms with E-state index in [0.29, 0.717) is 13.1 Å². The first-order valence-corrected chi connectivity index (χ1v) is 12.7. The van der Waals surface area contributed by atoms with Crippen LogP contribution in [-0.4, -0.2) is 29.3 Å². The van der Waals surface area contributed by atoms with E-state index in [-0.39, 0.29) is 24.2 Å². The molecule has 178 valence electrons. The minimum atomic E-state index is -0.569. The zero-order valence-electron chi connectivity index (χ0n) is 19.9. The summed E-state index contributed by atoms with van der Waals surface area (Å²) in [5.41, 5.74) is 3.16. The van der Waals surface area contributed by atoms with E-state index < -0.39 is 6.04 Å². The monoisotopic (exact) mass is 520 g/mol. The zero-order chi connectivity index (χ0) is 24.3. The quantitative estimate of drug-likeness (QED) is 0.301. The van der Waals surface area contributed by atoms with E-state index in [2.05, 4.69) is 52.4 Å². The maximum atomic E-state index is 13.8. The largest absolute Gasteiger partial charge is 0.354 e. The van der Waals surface area contributed by atoms with Crippen LogP contribution in [0.1, 0.15) is 55.7 Å². The van der Waals surface area contributed by atoms with Gasteiger partial charge in [-0.3, -0.25) is 9.59 Å². The molecule has 0 saturated heterocycles. The summed E-state index contributed by atoms with van der Waals surface area (Å²) < 4.78 is 0.979. The summed E-state index contributed by atoms with van der Waals surface area (Å²) in [6.07, 6.45) is 2.21. The molecule has 0 radical (unpaired) electrons. The predicted molar refractivity (Wildman–Crippen MR) is 141 cm³/mol. The number of benzene rings is 3. The maximum absolute atomic E-state index is 13.8. The van der Waals surface area contributed by atoms with Crippen LogP contribution in [-0.2, 0) is 16.1 Å². The van der Waals surface area contributed by atoms with Crippen LogP contribution >= 0.6 is 15.9 Å². The lowest BCUT2D eigenvalue weighted by atomic mass is 9.88. The highest BCUT2D eigenvalue weighted by molar-refractivity contribution is 9.10. The van der Waals surface area contributed by atoms with Gasteiger partial charge < -0.3 is 10.2 Å². The highest BCUT2D eigenvalue weighted by Gasteiger charge is 2.28. The molecule has 0 aliphatic heterocycles. The molecule has 1 N–H and O–H groups in total. The van der Waals surface area contributed by atoms with Crippen molar-refractivity contribution in [2.24, 2.45) is 0 Å². The summed E-state index contributed by atoms with van der Waals surface area (Å²) >= 11 is 3.47. The molecule has 5 heteroatoms. The molecule has 4 nitrogen and oxygen atoms in total. The van der Waals surface area contributed by atoms with Gasteiger partial charge in [0.15, 0.2) is 0 Å². The van der Waals surface area contributed by atoms with Crippen molar-refractivity contribution in [3.05, 3.63) is 106 Å². The smallest absolute Gasteiger partial charge is 0.242 e. The average Bonchev–Trinajstić information content (AvgIpc) is 2.87. The zero-order valence-corrected chi connectivity index (χ0v) is 21.5. The molecule has 3 aromatic rings. The molecule has 1 atom stereocenters. The Kier molecular flexibility index (Phi) is 9.89. The molecule has 0 fully saturated rings. The van der Waals surface area contributed by atoms with Gasteiger partial charge in [-0.05, 0) is 42.2 Å². The van der Waals surface area contributed by atoms with E-state index >= 15 is 0 Å². The Bertz CT molecular complexity index is 999. The molecule has 0 saturated carbocycles. The molecule has 0 bridgehead atoms. The number of hydrogen-bond acceptors (Lipinski definition) is 2. The Morgan fingerprint density at radius 3 is 1.97 bits per heavy atom. The first-order valence-electron chi connectivity index (χ1n) is 11.9. The molecule has 2 amide bonds. The standard InChI is InChI=1S/C29H33BrN2O2/c1-3-4-19-31-29(34)22(2)32(21-23-15-17-26(30)18-16-23)28(33)20-27(24-11-7-5-8-12-24)25-13-9-6-10-14-25/h5-18,22,27H,3-4,19-21H2,1-2H3,(H,31,34)/t22-/m0/s1. The van der Waals surface area contributed by atoms with Gasteiger partial charge in [0, 0.05) is 29.9 Å². The van der Waals surface area contributed by atoms with Gasteiger partial charge in [0.2, 0.25) is 11.8 Å². The number of rotatable bonds is 11. The highest BCUT2D eigenvalue weighted by atomic mass is 79.9. The van der Waals surface area contributed by atoms with Gasteiger partial charge in [0.1, 0.15) is 6.04 Å². The van der Waals surface area contributed by atoms with Gasteiger partial charge in [-0.2, -0.15) is 0 Å². The third-order valence-corrected chi connectivity index (χ3v) is 6.57. The maximum Gasteiger partial charge on any atom is 0.242 e. The molecule has 0 aliphatic rings. The molecular formula is C29H33BrN2O2. The second-order valence-electron chi connectivity index (χ2n) is 8.55. The van der Waals surface area contributed by atoms with E-state index in [1.54, 1.807) is 4.90 Å². The minimum absolute atomic E-state index is 0.0428. The number of hydrogen-bond donors (Lipinski definition) is 1. The number of nitrogens with one attached hydrogen (secondary N) is 1. The van der Waals surface area contributed by atoms with Crippen LogP contribution in [0.25, 0.3) is 0 Å². The Hall–Kier alpha value is -2.92. The molecule has 0 unspecified atom stereocenters. The van der Waals surface area contributed by atoms with Crippen molar-refractivity contribution in [3.63, 3.8) is 0 Å². The lowest BCUT2D eigenvalue weighted by Crippen LogP contribution is -2.48. The summed E-state index contributed by atoms with van der Waals surface area (Å²) in [5, 5.41) is 2.99. The highest BCUT2D eigenvalue weighted by Crippen LogP contribution is 2.29. The number of carbonyl (C=O) groups is 2. The lowest BCUT2D eigenvalue weighted by molar-refractivity contribution is -0.140. The summed E-state index contributed by atoms with van der Waals surface area (Å²) in [6, 6.07) is 27.5. The number of nitrogens with zero attached hydrogens (tertiary/aromatic N) is 1. The third kappa shape index (κ3) is 7.29. The van der Waals surface area contributed by atoms with Gasteiger partial charge >= 0.3 is 0 Å². The van der Waals surface area contributed by atoms with Gasteiger partial charge in [-0.15, -0.1) is 0 Å². The Morgan fingerprint density at radius 2 is 1.44 bits per heavy atom. The molecule has 0 aromatic heterocycles. The van der Waals surface area contributed by atoms with Crippen molar-refractivity contribution in [2.75, 3.05) is 6.54 Å². The van der Waals surface area contributed by atoms with Crippen LogP contribution < -0.4 is 5.32 Å². The van der Waals surface area contributed by atoms with Crippen molar-refractivity contribution in [1.82, 2.24) is 10.2 Å².